The summed E-state index contributed by atoms with van der Waals surface area (Å²) in [6.07, 6.45) is 3.71. The van der Waals surface area contributed by atoms with Crippen molar-refractivity contribution in [3.8, 4) is 45.8 Å². The number of halogens is 1. The van der Waals surface area contributed by atoms with Crippen molar-refractivity contribution in [1.29, 1.82) is 0 Å². The minimum Gasteiger partial charge on any atom is -0.496 e. The predicted molar refractivity (Wildman–Crippen MR) is 208 cm³/mol. The topological polar surface area (TPSA) is 92.1 Å². The Balaban J connectivity index is 1.24. The molecule has 10 nitrogen and oxygen atoms in total. The van der Waals surface area contributed by atoms with Gasteiger partial charge < -0.3 is 42.6 Å². The zero-order valence-corrected chi connectivity index (χ0v) is 32.3. The van der Waals surface area contributed by atoms with Crippen LogP contribution in [0.4, 0.5) is 0 Å². The van der Waals surface area contributed by atoms with Gasteiger partial charge in [0.25, 0.3) is 0 Å². The second-order valence-electron chi connectivity index (χ2n) is 12.1. The van der Waals surface area contributed by atoms with Gasteiger partial charge >= 0.3 is 0 Å². The number of hydrogen-bond acceptors (Lipinski definition) is 11. The Morgan fingerprint density at radius 3 is 2.24 bits per heavy atom. The molecule has 0 amide bonds. The Morgan fingerprint density at radius 2 is 1.61 bits per heavy atom. The summed E-state index contributed by atoms with van der Waals surface area (Å²) in [5, 5.41) is 1.04. The normalized spacial score (nSPS) is 13.4. The van der Waals surface area contributed by atoms with Crippen LogP contribution in [0.2, 0.25) is 5.02 Å². The molecular formula is C38H45ClN2O8S2. The first-order chi connectivity index (χ1) is 24.7. The van der Waals surface area contributed by atoms with Crippen LogP contribution in [-0.2, 0) is 5.75 Å². The van der Waals surface area contributed by atoms with Gasteiger partial charge in [-0.1, -0.05) is 53.8 Å². The van der Waals surface area contributed by atoms with Crippen LogP contribution in [0.3, 0.4) is 0 Å². The molecule has 0 N–H and O–H groups in total. The third-order valence-corrected chi connectivity index (χ3v) is 11.0. The van der Waals surface area contributed by atoms with Crippen molar-refractivity contribution in [2.24, 2.45) is 0 Å². The van der Waals surface area contributed by atoms with Crippen molar-refractivity contribution in [3.63, 3.8) is 0 Å². The number of thioether (sulfide) groups is 1. The number of benzene rings is 3. The van der Waals surface area contributed by atoms with Gasteiger partial charge in [-0.15, -0.1) is 0 Å². The van der Waals surface area contributed by atoms with E-state index >= 15 is 0 Å². The Morgan fingerprint density at radius 1 is 0.922 bits per heavy atom. The summed E-state index contributed by atoms with van der Waals surface area (Å²) in [5.41, 5.74) is 1.56. The van der Waals surface area contributed by atoms with Gasteiger partial charge in [0.2, 0.25) is 16.9 Å². The lowest BCUT2D eigenvalue weighted by atomic mass is 10.0. The maximum atomic E-state index is 14.1. The monoisotopic (exact) mass is 756 g/mol. The number of rotatable bonds is 15. The van der Waals surface area contributed by atoms with E-state index in [4.69, 9.17) is 56.7 Å². The molecular weight excluding hydrogens is 712 g/mol. The number of fused-ring (bicyclic) bond motifs is 1. The van der Waals surface area contributed by atoms with E-state index in [-0.39, 0.29) is 22.3 Å². The van der Waals surface area contributed by atoms with Gasteiger partial charge in [0.15, 0.2) is 17.3 Å². The molecule has 4 aromatic rings. The molecule has 1 aliphatic rings. The number of piperidine rings is 1. The van der Waals surface area contributed by atoms with Crippen LogP contribution < -0.4 is 33.8 Å². The number of unbranched alkanes of at least 4 members (excludes halogenated alkanes) is 1. The Kier molecular flexibility index (Phi) is 13.6. The van der Waals surface area contributed by atoms with Crippen LogP contribution in [-0.4, -0.2) is 89.0 Å². The second-order valence-corrected chi connectivity index (χ2v) is 14.1. The van der Waals surface area contributed by atoms with E-state index < -0.39 is 0 Å². The second kappa shape index (κ2) is 18.1. The summed E-state index contributed by atoms with van der Waals surface area (Å²) in [5.74, 6) is 3.13. The maximum absolute atomic E-state index is 14.1. The lowest BCUT2D eigenvalue weighted by Crippen LogP contribution is -2.44. The third-order valence-electron chi connectivity index (χ3n) is 9.08. The van der Waals surface area contributed by atoms with Crippen LogP contribution in [0.15, 0.2) is 57.7 Å². The molecule has 13 heteroatoms. The molecule has 1 aliphatic heterocycles. The zero-order chi connectivity index (χ0) is 36.5. The van der Waals surface area contributed by atoms with Crippen LogP contribution >= 0.6 is 35.6 Å². The van der Waals surface area contributed by atoms with Gasteiger partial charge in [-0.2, -0.15) is 0 Å². The highest BCUT2D eigenvalue weighted by atomic mass is 35.5. The van der Waals surface area contributed by atoms with Gasteiger partial charge in [-0.05, 0) is 63.0 Å². The molecule has 1 aromatic heterocycles. The molecule has 0 unspecified atom stereocenters. The molecule has 0 saturated carbocycles. The fourth-order valence-electron chi connectivity index (χ4n) is 6.21. The van der Waals surface area contributed by atoms with Crippen molar-refractivity contribution in [2.75, 3.05) is 68.8 Å². The fraction of sp³-hybridized carbons (Fsp3) is 0.421. The zero-order valence-electron chi connectivity index (χ0n) is 29.9. The largest absolute Gasteiger partial charge is 0.496 e. The van der Waals surface area contributed by atoms with E-state index in [1.807, 2.05) is 24.3 Å². The van der Waals surface area contributed by atoms with Gasteiger partial charge in [0, 0.05) is 47.6 Å². The Hall–Kier alpha value is -3.84. The van der Waals surface area contributed by atoms with Crippen molar-refractivity contribution < 1.29 is 32.8 Å². The average Bonchev–Trinajstić information content (AvgIpc) is 3.16. The summed E-state index contributed by atoms with van der Waals surface area (Å²) in [7, 11) is 9.80. The maximum Gasteiger partial charge on any atom is 0.239 e. The van der Waals surface area contributed by atoms with Gasteiger partial charge in [0.05, 0.1) is 42.2 Å². The van der Waals surface area contributed by atoms with Gasteiger partial charge in [0.1, 0.15) is 26.8 Å². The molecule has 0 spiro atoms. The average molecular weight is 757 g/mol. The lowest BCUT2D eigenvalue weighted by Gasteiger charge is -2.37. The summed E-state index contributed by atoms with van der Waals surface area (Å²) in [4.78, 5) is 18.8. The van der Waals surface area contributed by atoms with Crippen LogP contribution in [0, 0.1) is 0 Å². The smallest absolute Gasteiger partial charge is 0.239 e. The molecule has 0 bridgehead atoms. The summed E-state index contributed by atoms with van der Waals surface area (Å²) in [6.45, 7) is 3.08. The van der Waals surface area contributed by atoms with E-state index in [9.17, 15) is 4.79 Å². The van der Waals surface area contributed by atoms with E-state index in [2.05, 4.69) is 16.8 Å². The summed E-state index contributed by atoms with van der Waals surface area (Å²) < 4.78 is 41.3. The minimum atomic E-state index is -0.355. The molecule has 5 rings (SSSR count). The van der Waals surface area contributed by atoms with E-state index in [0.29, 0.717) is 52.5 Å². The minimum absolute atomic E-state index is 0.0735. The first kappa shape index (κ1) is 38.4. The molecule has 274 valence electrons. The number of ether oxygens (including phenoxy) is 6. The number of hydrogen-bond donors (Lipinski definition) is 0. The van der Waals surface area contributed by atoms with Crippen molar-refractivity contribution >= 4 is 50.9 Å². The number of thiocarbonyl (C=S) groups is 1. The molecule has 51 heavy (non-hydrogen) atoms. The summed E-state index contributed by atoms with van der Waals surface area (Å²) in [6, 6.07) is 15.1. The third kappa shape index (κ3) is 8.97. The van der Waals surface area contributed by atoms with Crippen molar-refractivity contribution in [1.82, 2.24) is 9.80 Å². The van der Waals surface area contributed by atoms with Crippen molar-refractivity contribution in [2.45, 2.75) is 37.5 Å². The van der Waals surface area contributed by atoms with Crippen LogP contribution in [0.1, 0.15) is 31.2 Å². The molecule has 1 saturated heterocycles. The standard InChI is InChI=1S/C38H45ClN2O8S2/c1-40(26-13-16-41(17-14-26)38(50)51-23-24-11-7-8-12-28(24)39)15-9-10-18-48-37-34(42)33-29(44-3)21-27(43-2)22-30(33)49-35(37)25-19-31(45-4)36(47-6)32(20-25)46-5/h7-8,11-12,19-22,26H,9-10,13-18,23H2,1-6H3. The number of likely N-dealkylation sites (tertiary alicyclic amines) is 1. The number of nitrogens with zero attached hydrogens (tertiary/aromatic N) is 2. The molecule has 0 aliphatic carbocycles. The number of methoxy groups -OCH3 is 5. The van der Waals surface area contributed by atoms with E-state index in [0.717, 1.165) is 66.0 Å². The highest BCUT2D eigenvalue weighted by Gasteiger charge is 2.26. The van der Waals surface area contributed by atoms with Crippen molar-refractivity contribution in [3.05, 3.63) is 69.3 Å². The molecule has 2 heterocycles. The molecule has 0 atom stereocenters. The quantitative estimate of drug-likeness (QED) is 0.0872. The predicted octanol–water partition coefficient (Wildman–Crippen LogP) is 7.93. The van der Waals surface area contributed by atoms with E-state index in [1.165, 1.54) is 35.5 Å². The first-order valence-electron chi connectivity index (χ1n) is 16.7. The van der Waals surface area contributed by atoms with E-state index in [1.54, 1.807) is 36.0 Å². The SMILES string of the molecule is COc1cc(OC)c2c(=O)c(OCCCCN(C)C3CCN(C(=S)SCc4ccccc4Cl)CC3)c(-c3cc(OC)c(OC)c(OC)c3)oc2c1. The molecule has 0 radical (unpaired) electrons. The van der Waals surface area contributed by atoms with Gasteiger partial charge in [-0.3, -0.25) is 4.79 Å². The molecule has 1 fully saturated rings. The fourth-order valence-corrected chi connectivity index (χ4v) is 7.75. The molecule has 3 aromatic carbocycles. The highest BCUT2D eigenvalue weighted by molar-refractivity contribution is 8.22. The Bertz CT molecular complexity index is 1850. The summed E-state index contributed by atoms with van der Waals surface area (Å²) >= 11 is 13.8. The van der Waals surface area contributed by atoms with Crippen LogP contribution in [0.5, 0.6) is 34.5 Å². The lowest BCUT2D eigenvalue weighted by molar-refractivity contribution is 0.161. The van der Waals surface area contributed by atoms with Gasteiger partial charge in [-0.25, -0.2) is 0 Å². The van der Waals surface area contributed by atoms with Crippen LogP contribution in [0.25, 0.3) is 22.3 Å². The highest BCUT2D eigenvalue weighted by Crippen LogP contribution is 2.44. The first-order valence-corrected chi connectivity index (χ1v) is 18.5. The Labute approximate surface area is 313 Å².